The Morgan fingerprint density at radius 2 is 1.39 bits per heavy atom. The van der Waals surface area contributed by atoms with Crippen molar-refractivity contribution in [3.05, 3.63) is 34.9 Å². The molecular weight excluding hydrogens is 462 g/mol. The third-order valence-electron chi connectivity index (χ3n) is 2.22. The molecule has 1 aromatic carbocycles. The minimum absolute atomic E-state index is 0.383. The van der Waals surface area contributed by atoms with Crippen LogP contribution >= 0.6 is 45.2 Å². The van der Waals surface area contributed by atoms with E-state index >= 15 is 0 Å². The number of primary amides is 2. The van der Waals surface area contributed by atoms with Gasteiger partial charge in [0.2, 0.25) is 11.8 Å². The maximum Gasteiger partial charge on any atom is 0.234 e. The van der Waals surface area contributed by atoms with Gasteiger partial charge >= 0.3 is 0 Å². The SMILES string of the molecule is NC(=O)C(I)c1cc(C=O)cc(C(I)C(N)=O)c1. The summed E-state index contributed by atoms with van der Waals surface area (Å²) < 4.78 is -1.12. The van der Waals surface area contributed by atoms with Crippen molar-refractivity contribution >= 4 is 63.3 Å². The Labute approximate surface area is 131 Å². The van der Waals surface area contributed by atoms with E-state index in [4.69, 9.17) is 11.5 Å². The Morgan fingerprint density at radius 1 is 1.00 bits per heavy atom. The molecule has 7 heteroatoms. The van der Waals surface area contributed by atoms with Crippen LogP contribution in [0.25, 0.3) is 0 Å². The van der Waals surface area contributed by atoms with E-state index in [9.17, 15) is 14.4 Å². The molecule has 2 amide bonds. The molecule has 4 N–H and O–H groups in total. The van der Waals surface area contributed by atoms with Crippen LogP contribution in [0.5, 0.6) is 0 Å². The Hall–Kier alpha value is -0.710. The summed E-state index contributed by atoms with van der Waals surface area (Å²) in [5, 5.41) is 0. The molecule has 0 aliphatic heterocycles. The monoisotopic (exact) mass is 472 g/mol. The lowest BCUT2D eigenvalue weighted by Gasteiger charge is -2.12. The van der Waals surface area contributed by atoms with Gasteiger partial charge in [0.25, 0.3) is 0 Å². The van der Waals surface area contributed by atoms with Crippen molar-refractivity contribution in [3.8, 4) is 0 Å². The number of rotatable bonds is 5. The van der Waals surface area contributed by atoms with Crippen molar-refractivity contribution in [2.24, 2.45) is 11.5 Å². The third kappa shape index (κ3) is 3.64. The van der Waals surface area contributed by atoms with Crippen LogP contribution in [0.1, 0.15) is 29.3 Å². The highest BCUT2D eigenvalue weighted by atomic mass is 127. The largest absolute Gasteiger partial charge is 0.368 e. The van der Waals surface area contributed by atoms with Crippen molar-refractivity contribution in [2.45, 2.75) is 7.85 Å². The molecule has 0 radical (unpaired) electrons. The number of nitrogens with two attached hydrogens (primary N) is 2. The van der Waals surface area contributed by atoms with Gasteiger partial charge in [-0.15, -0.1) is 0 Å². The lowest BCUT2D eigenvalue weighted by molar-refractivity contribution is -0.118. The molecule has 0 saturated heterocycles. The molecule has 5 nitrogen and oxygen atoms in total. The summed E-state index contributed by atoms with van der Waals surface area (Å²) in [5.74, 6) is -1.01. The molecule has 0 aromatic heterocycles. The van der Waals surface area contributed by atoms with Gasteiger partial charge in [-0.05, 0) is 23.3 Å². The van der Waals surface area contributed by atoms with Gasteiger partial charge in [0.15, 0.2) is 0 Å². The first-order valence-corrected chi connectivity index (χ1v) is 7.32. The number of carbonyl (C=O) groups is 3. The van der Waals surface area contributed by atoms with Gasteiger partial charge in [0.05, 0.1) is 0 Å². The second-order valence-electron chi connectivity index (χ2n) is 3.58. The summed E-state index contributed by atoms with van der Waals surface area (Å²) in [7, 11) is 0. The van der Waals surface area contributed by atoms with Crippen LogP contribution in [-0.4, -0.2) is 18.1 Å². The third-order valence-corrected chi connectivity index (χ3v) is 4.89. The molecule has 18 heavy (non-hydrogen) atoms. The van der Waals surface area contributed by atoms with Crippen LogP contribution in [0.4, 0.5) is 0 Å². The Kier molecular flexibility index (Phi) is 5.50. The lowest BCUT2D eigenvalue weighted by atomic mass is 10.0. The lowest BCUT2D eigenvalue weighted by Crippen LogP contribution is -2.19. The minimum atomic E-state index is -0.558. The molecule has 0 bridgehead atoms. The Bertz CT molecular complexity index is 467. The predicted molar refractivity (Wildman–Crippen MR) is 83.7 cm³/mol. The molecule has 2 atom stereocenters. The summed E-state index contributed by atoms with van der Waals surface area (Å²) in [6.07, 6.45) is 0.654. The quantitative estimate of drug-likeness (QED) is 0.385. The summed E-state index contributed by atoms with van der Waals surface area (Å²) in [5.41, 5.74) is 12.0. The number of alkyl halides is 2. The molecular formula is C11H10I2N2O3. The predicted octanol–water partition coefficient (Wildman–Crippen LogP) is 1.42. The summed E-state index contributed by atoms with van der Waals surface area (Å²) >= 11 is 3.76. The van der Waals surface area contributed by atoms with Gasteiger partial charge in [-0.2, -0.15) is 0 Å². The average molecular weight is 472 g/mol. The summed E-state index contributed by atoms with van der Waals surface area (Å²) in [4.78, 5) is 33.2. The van der Waals surface area contributed by atoms with Crippen LogP contribution in [0.3, 0.4) is 0 Å². The minimum Gasteiger partial charge on any atom is -0.368 e. The van der Waals surface area contributed by atoms with Gasteiger partial charge < -0.3 is 11.5 Å². The Balaban J connectivity index is 3.29. The van der Waals surface area contributed by atoms with Crippen molar-refractivity contribution in [1.82, 2.24) is 0 Å². The molecule has 0 aliphatic carbocycles. The highest BCUT2D eigenvalue weighted by Crippen LogP contribution is 2.30. The summed E-state index contributed by atoms with van der Waals surface area (Å²) in [6, 6.07) is 4.81. The summed E-state index contributed by atoms with van der Waals surface area (Å²) in [6.45, 7) is 0. The fourth-order valence-electron chi connectivity index (χ4n) is 1.39. The van der Waals surface area contributed by atoms with E-state index in [1.807, 2.05) is 45.2 Å². The van der Waals surface area contributed by atoms with Crippen molar-refractivity contribution in [1.29, 1.82) is 0 Å². The zero-order valence-corrected chi connectivity index (χ0v) is 13.4. The van der Waals surface area contributed by atoms with E-state index in [0.29, 0.717) is 23.0 Å². The molecule has 0 saturated carbocycles. The average Bonchev–Trinajstić information content (AvgIpc) is 2.35. The molecule has 1 rings (SSSR count). The number of benzene rings is 1. The van der Waals surface area contributed by atoms with Gasteiger partial charge in [-0.25, -0.2) is 0 Å². The fourth-order valence-corrected chi connectivity index (χ4v) is 2.11. The van der Waals surface area contributed by atoms with Gasteiger partial charge in [-0.1, -0.05) is 51.2 Å². The molecule has 0 spiro atoms. The molecule has 0 fully saturated rings. The molecule has 0 heterocycles. The molecule has 1 aromatic rings. The van der Waals surface area contributed by atoms with E-state index < -0.39 is 19.7 Å². The fraction of sp³-hybridized carbons (Fsp3) is 0.182. The number of hydrogen-bond donors (Lipinski definition) is 2. The zero-order valence-electron chi connectivity index (χ0n) is 9.10. The van der Waals surface area contributed by atoms with Crippen LogP contribution in [0.2, 0.25) is 0 Å². The van der Waals surface area contributed by atoms with E-state index in [1.165, 1.54) is 0 Å². The molecule has 96 valence electrons. The van der Waals surface area contributed by atoms with E-state index in [-0.39, 0.29) is 0 Å². The van der Waals surface area contributed by atoms with E-state index in [1.54, 1.807) is 18.2 Å². The topological polar surface area (TPSA) is 103 Å². The second kappa shape index (κ2) is 6.45. The zero-order chi connectivity index (χ0) is 13.9. The van der Waals surface area contributed by atoms with Crippen LogP contribution in [-0.2, 0) is 9.59 Å². The first kappa shape index (κ1) is 15.3. The van der Waals surface area contributed by atoms with Gasteiger partial charge in [-0.3, -0.25) is 14.4 Å². The van der Waals surface area contributed by atoms with Crippen LogP contribution in [0.15, 0.2) is 18.2 Å². The van der Waals surface area contributed by atoms with Crippen molar-refractivity contribution < 1.29 is 14.4 Å². The maximum absolute atomic E-state index is 11.1. The number of aldehydes is 1. The van der Waals surface area contributed by atoms with Crippen LogP contribution < -0.4 is 11.5 Å². The first-order valence-electron chi connectivity index (χ1n) is 4.83. The number of carbonyl (C=O) groups excluding carboxylic acids is 3. The number of amides is 2. The Morgan fingerprint density at radius 3 is 1.67 bits per heavy atom. The second-order valence-corrected chi connectivity index (χ2v) is 6.07. The van der Waals surface area contributed by atoms with Crippen molar-refractivity contribution in [3.63, 3.8) is 0 Å². The van der Waals surface area contributed by atoms with Crippen molar-refractivity contribution in [2.75, 3.05) is 0 Å². The van der Waals surface area contributed by atoms with Gasteiger partial charge in [0.1, 0.15) is 14.1 Å². The maximum atomic E-state index is 11.1. The standard InChI is InChI=1S/C11H10I2N2O3/c12-8(10(14)17)6-1-5(4-16)2-7(3-6)9(13)11(15)18/h1-4,8-9H,(H2,14,17)(H2,15,18). The smallest absolute Gasteiger partial charge is 0.234 e. The van der Waals surface area contributed by atoms with Gasteiger partial charge in [0, 0.05) is 5.56 Å². The first-order chi connectivity index (χ1) is 8.36. The normalized spacial score (nSPS) is 13.7. The molecule has 0 aliphatic rings. The number of halogens is 2. The highest BCUT2D eigenvalue weighted by Gasteiger charge is 2.19. The van der Waals surface area contributed by atoms with E-state index in [0.717, 1.165) is 0 Å². The highest BCUT2D eigenvalue weighted by molar-refractivity contribution is 14.1. The number of hydrogen-bond acceptors (Lipinski definition) is 3. The van der Waals surface area contributed by atoms with Crippen LogP contribution in [0, 0.1) is 0 Å². The molecule has 2 unspecified atom stereocenters. The van der Waals surface area contributed by atoms with E-state index in [2.05, 4.69) is 0 Å².